The summed E-state index contributed by atoms with van der Waals surface area (Å²) in [5.41, 5.74) is 2.75. The first-order chi connectivity index (χ1) is 15.5. The fourth-order valence-corrected chi connectivity index (χ4v) is 4.96. The van der Waals surface area contributed by atoms with Crippen LogP contribution in [0.1, 0.15) is 36.0 Å². The Hall–Kier alpha value is -3.30. The molecule has 0 bridgehead atoms. The van der Waals surface area contributed by atoms with Crippen LogP contribution in [0.4, 0.5) is 0 Å². The SMILES string of the molecule is CNC1CCN(C2=CCC(c3ccc(C#N)cc3)(c3ccc(OC)cc3)N(C)C2=O)CC1. The summed E-state index contributed by atoms with van der Waals surface area (Å²) >= 11 is 0. The number of nitriles is 1. The van der Waals surface area contributed by atoms with Crippen molar-refractivity contribution in [3.8, 4) is 11.8 Å². The molecule has 0 saturated carbocycles. The highest BCUT2D eigenvalue weighted by atomic mass is 16.5. The maximum absolute atomic E-state index is 13.7. The molecule has 166 valence electrons. The summed E-state index contributed by atoms with van der Waals surface area (Å²) in [6.45, 7) is 1.76. The monoisotopic (exact) mass is 430 g/mol. The third-order valence-electron chi connectivity index (χ3n) is 6.99. The van der Waals surface area contributed by atoms with E-state index in [1.54, 1.807) is 7.11 Å². The first kappa shape index (κ1) is 21.9. The van der Waals surface area contributed by atoms with Crippen molar-refractivity contribution in [1.29, 1.82) is 5.26 Å². The molecule has 0 spiro atoms. The highest BCUT2D eigenvalue weighted by Crippen LogP contribution is 2.43. The van der Waals surface area contributed by atoms with E-state index < -0.39 is 5.54 Å². The fraction of sp³-hybridized carbons (Fsp3) is 0.385. The number of piperidine rings is 1. The maximum atomic E-state index is 13.7. The second kappa shape index (κ2) is 9.05. The number of carbonyl (C=O) groups excluding carboxylic acids is 1. The van der Waals surface area contributed by atoms with E-state index in [1.165, 1.54) is 0 Å². The van der Waals surface area contributed by atoms with Crippen molar-refractivity contribution in [2.45, 2.75) is 30.8 Å². The van der Waals surface area contributed by atoms with Crippen LogP contribution < -0.4 is 10.1 Å². The number of nitrogens with zero attached hydrogens (tertiary/aromatic N) is 3. The zero-order valence-corrected chi connectivity index (χ0v) is 19.0. The van der Waals surface area contributed by atoms with Gasteiger partial charge in [-0.05, 0) is 61.7 Å². The molecule has 6 nitrogen and oxygen atoms in total. The van der Waals surface area contributed by atoms with Crippen LogP contribution in [0.3, 0.4) is 0 Å². The number of likely N-dealkylation sites (N-methyl/N-ethyl adjacent to an activating group) is 1. The quantitative estimate of drug-likeness (QED) is 0.789. The number of hydrogen-bond acceptors (Lipinski definition) is 5. The average Bonchev–Trinajstić information content (AvgIpc) is 2.86. The van der Waals surface area contributed by atoms with Crippen LogP contribution in [0.2, 0.25) is 0 Å². The molecule has 2 aliphatic rings. The lowest BCUT2D eigenvalue weighted by molar-refractivity contribution is -0.133. The van der Waals surface area contributed by atoms with Crippen molar-refractivity contribution in [3.05, 3.63) is 77.0 Å². The van der Waals surface area contributed by atoms with Gasteiger partial charge < -0.3 is 19.9 Å². The van der Waals surface area contributed by atoms with Crippen LogP contribution in [0.25, 0.3) is 0 Å². The van der Waals surface area contributed by atoms with Crippen LogP contribution in [0, 0.1) is 11.3 Å². The van der Waals surface area contributed by atoms with Crippen LogP contribution in [0.5, 0.6) is 5.75 Å². The zero-order chi connectivity index (χ0) is 22.7. The van der Waals surface area contributed by atoms with Gasteiger partial charge in [-0.3, -0.25) is 4.79 Å². The van der Waals surface area contributed by atoms with Gasteiger partial charge in [-0.2, -0.15) is 5.26 Å². The number of nitrogens with one attached hydrogen (secondary N) is 1. The number of ether oxygens (including phenoxy) is 1. The van der Waals surface area contributed by atoms with E-state index in [-0.39, 0.29) is 5.91 Å². The van der Waals surface area contributed by atoms with Crippen LogP contribution >= 0.6 is 0 Å². The van der Waals surface area contributed by atoms with Crippen molar-refractivity contribution in [2.24, 2.45) is 0 Å². The third-order valence-corrected chi connectivity index (χ3v) is 6.99. The predicted octanol–water partition coefficient (Wildman–Crippen LogP) is 3.24. The smallest absolute Gasteiger partial charge is 0.270 e. The first-order valence-electron chi connectivity index (χ1n) is 11.1. The van der Waals surface area contributed by atoms with Gasteiger partial charge in [0.05, 0.1) is 30.0 Å². The molecule has 1 unspecified atom stereocenters. The third kappa shape index (κ3) is 3.74. The standard InChI is InChI=1S/C26H30N4O2/c1-28-22-13-16-30(17-14-22)24-12-15-26(29(2)25(24)31,20-6-4-19(18-27)5-7-20)21-8-10-23(32-3)11-9-21/h4-12,22,28H,13-17H2,1-3H3. The minimum atomic E-state index is -0.649. The van der Waals surface area contributed by atoms with Gasteiger partial charge in [0.25, 0.3) is 5.91 Å². The lowest BCUT2D eigenvalue weighted by Gasteiger charge is -2.47. The molecule has 0 aromatic heterocycles. The number of methoxy groups -OCH3 is 1. The van der Waals surface area contributed by atoms with Gasteiger partial charge in [0.15, 0.2) is 0 Å². The van der Waals surface area contributed by atoms with Gasteiger partial charge >= 0.3 is 0 Å². The molecular weight excluding hydrogens is 400 g/mol. The predicted molar refractivity (Wildman–Crippen MR) is 124 cm³/mol. The molecule has 1 N–H and O–H groups in total. The second-order valence-corrected chi connectivity index (χ2v) is 8.49. The fourth-order valence-electron chi connectivity index (χ4n) is 4.96. The van der Waals surface area contributed by atoms with Crippen molar-refractivity contribution >= 4 is 5.91 Å². The van der Waals surface area contributed by atoms with Gasteiger partial charge in [-0.15, -0.1) is 0 Å². The molecule has 1 amide bonds. The molecule has 32 heavy (non-hydrogen) atoms. The van der Waals surface area contributed by atoms with Crippen molar-refractivity contribution < 1.29 is 9.53 Å². The van der Waals surface area contributed by atoms with Crippen LogP contribution in [0.15, 0.2) is 60.3 Å². The zero-order valence-electron chi connectivity index (χ0n) is 19.0. The summed E-state index contributed by atoms with van der Waals surface area (Å²) in [5, 5.41) is 12.6. The topological polar surface area (TPSA) is 68.6 Å². The number of likely N-dealkylation sites (tertiary alicyclic amines) is 1. The minimum Gasteiger partial charge on any atom is -0.497 e. The largest absolute Gasteiger partial charge is 0.497 e. The van der Waals surface area contributed by atoms with E-state index in [2.05, 4.69) is 22.4 Å². The van der Waals surface area contributed by atoms with E-state index >= 15 is 0 Å². The molecular formula is C26H30N4O2. The Morgan fingerprint density at radius 3 is 2.19 bits per heavy atom. The summed E-state index contributed by atoms with van der Waals surface area (Å²) in [6, 6.07) is 18.2. The van der Waals surface area contributed by atoms with Gasteiger partial charge in [0.2, 0.25) is 0 Å². The number of rotatable bonds is 5. The van der Waals surface area contributed by atoms with Gasteiger partial charge in [-0.25, -0.2) is 0 Å². The van der Waals surface area contributed by atoms with Gasteiger partial charge in [0.1, 0.15) is 5.75 Å². The lowest BCUT2D eigenvalue weighted by atomic mass is 9.76. The first-order valence-corrected chi connectivity index (χ1v) is 11.1. The van der Waals surface area contributed by atoms with E-state index in [4.69, 9.17) is 4.74 Å². The lowest BCUT2D eigenvalue weighted by Crippen LogP contribution is -2.54. The van der Waals surface area contributed by atoms with E-state index in [0.29, 0.717) is 18.0 Å². The van der Waals surface area contributed by atoms with Crippen molar-refractivity contribution in [1.82, 2.24) is 15.1 Å². The number of benzene rings is 2. The number of amides is 1. The molecule has 1 saturated heterocycles. The maximum Gasteiger partial charge on any atom is 0.270 e. The number of carbonyl (C=O) groups is 1. The Bertz CT molecular complexity index is 1030. The summed E-state index contributed by atoms with van der Waals surface area (Å²) in [6.07, 6.45) is 4.83. The molecule has 1 fully saturated rings. The van der Waals surface area contributed by atoms with Crippen LogP contribution in [-0.4, -0.2) is 56.0 Å². The second-order valence-electron chi connectivity index (χ2n) is 8.49. The molecule has 1 atom stereocenters. The highest BCUT2D eigenvalue weighted by Gasteiger charge is 2.45. The Morgan fingerprint density at radius 1 is 1.06 bits per heavy atom. The van der Waals surface area contributed by atoms with E-state index in [0.717, 1.165) is 48.5 Å². The van der Waals surface area contributed by atoms with Gasteiger partial charge in [-0.1, -0.05) is 30.3 Å². The molecule has 0 radical (unpaired) electrons. The molecule has 2 aromatic rings. The van der Waals surface area contributed by atoms with Crippen molar-refractivity contribution in [3.63, 3.8) is 0 Å². The molecule has 2 aromatic carbocycles. The Morgan fingerprint density at radius 2 is 1.66 bits per heavy atom. The summed E-state index contributed by atoms with van der Waals surface area (Å²) in [4.78, 5) is 17.8. The summed E-state index contributed by atoms with van der Waals surface area (Å²) in [7, 11) is 5.53. The molecule has 6 heteroatoms. The Labute approximate surface area is 190 Å². The molecule has 0 aliphatic carbocycles. The van der Waals surface area contributed by atoms with E-state index in [9.17, 15) is 10.1 Å². The van der Waals surface area contributed by atoms with Gasteiger partial charge in [0, 0.05) is 26.2 Å². The van der Waals surface area contributed by atoms with E-state index in [1.807, 2.05) is 67.5 Å². The Kier molecular flexibility index (Phi) is 6.20. The van der Waals surface area contributed by atoms with Crippen molar-refractivity contribution in [2.75, 3.05) is 34.3 Å². The Balaban J connectivity index is 1.75. The normalized spacial score (nSPS) is 21.8. The minimum absolute atomic E-state index is 0.0272. The van der Waals surface area contributed by atoms with Crippen LogP contribution in [-0.2, 0) is 10.3 Å². The summed E-state index contributed by atoms with van der Waals surface area (Å²) < 4.78 is 5.35. The molecule has 2 aliphatic heterocycles. The molecule has 4 rings (SSSR count). The number of hydrogen-bond donors (Lipinski definition) is 1. The highest BCUT2D eigenvalue weighted by molar-refractivity contribution is 5.95. The average molecular weight is 431 g/mol. The summed E-state index contributed by atoms with van der Waals surface area (Å²) in [5.74, 6) is 0.802. The molecule has 2 heterocycles.